The van der Waals surface area contributed by atoms with Crippen LogP contribution >= 0.6 is 23.2 Å². The Morgan fingerprint density at radius 2 is 1.55 bits per heavy atom. The van der Waals surface area contributed by atoms with Gasteiger partial charge in [0.25, 0.3) is 0 Å². The molecule has 146 valence electrons. The molecule has 1 aliphatic rings. The highest BCUT2D eigenvalue weighted by molar-refractivity contribution is 6.31. The van der Waals surface area contributed by atoms with Gasteiger partial charge in [0.2, 0.25) is 0 Å². The second-order valence-electron chi connectivity index (χ2n) is 7.02. The summed E-state index contributed by atoms with van der Waals surface area (Å²) in [5.74, 6) is -0.100. The molecular formula is C23H18Cl2N2O2. The molecule has 1 aliphatic heterocycles. The summed E-state index contributed by atoms with van der Waals surface area (Å²) in [6, 6.07) is 19.2. The molecule has 1 unspecified atom stereocenters. The summed E-state index contributed by atoms with van der Waals surface area (Å²) in [6.45, 7) is 0. The van der Waals surface area contributed by atoms with Gasteiger partial charge in [-0.3, -0.25) is 9.69 Å². The van der Waals surface area contributed by atoms with Crippen molar-refractivity contribution in [2.24, 2.45) is 0 Å². The highest BCUT2D eigenvalue weighted by Crippen LogP contribution is 2.40. The van der Waals surface area contributed by atoms with Crippen molar-refractivity contribution in [1.29, 1.82) is 0 Å². The summed E-state index contributed by atoms with van der Waals surface area (Å²) in [5.41, 5.74) is 3.64. The minimum atomic E-state index is -0.342. The van der Waals surface area contributed by atoms with E-state index in [0.717, 1.165) is 16.8 Å². The smallest absolute Gasteiger partial charge is 0.316 e. The van der Waals surface area contributed by atoms with Gasteiger partial charge in [0.15, 0.2) is 5.78 Å². The summed E-state index contributed by atoms with van der Waals surface area (Å²) >= 11 is 12.1. The number of urea groups is 1. The molecule has 1 atom stereocenters. The molecule has 2 amide bonds. The zero-order chi connectivity index (χ0) is 20.7. The molecule has 0 aromatic heterocycles. The molecule has 0 bridgehead atoms. The van der Waals surface area contributed by atoms with Gasteiger partial charge in [0.05, 0.1) is 11.7 Å². The number of fused-ring (bicyclic) bond motifs is 1. The third-order valence-corrected chi connectivity index (χ3v) is 5.68. The van der Waals surface area contributed by atoms with E-state index in [0.29, 0.717) is 21.2 Å². The van der Waals surface area contributed by atoms with Crippen LogP contribution in [0.5, 0.6) is 0 Å². The number of carbonyl (C=O) groups is 2. The van der Waals surface area contributed by atoms with E-state index in [9.17, 15) is 9.59 Å². The number of carbonyl (C=O) groups excluding carboxylic acids is 2. The largest absolute Gasteiger partial charge is 0.324 e. The quantitative estimate of drug-likeness (QED) is 0.497. The van der Waals surface area contributed by atoms with Gasteiger partial charge in [0.1, 0.15) is 0 Å². The molecule has 1 heterocycles. The number of benzene rings is 3. The zero-order valence-corrected chi connectivity index (χ0v) is 17.4. The fraction of sp³-hybridized carbons (Fsp3) is 0.130. The van der Waals surface area contributed by atoms with Gasteiger partial charge in [-0.05, 0) is 60.2 Å². The van der Waals surface area contributed by atoms with Gasteiger partial charge in [-0.1, -0.05) is 35.3 Å². The number of hydrogen-bond donors (Lipinski definition) is 0. The summed E-state index contributed by atoms with van der Waals surface area (Å²) < 4.78 is 0. The minimum absolute atomic E-state index is 0.100. The van der Waals surface area contributed by atoms with Crippen molar-refractivity contribution >= 4 is 40.7 Å². The van der Waals surface area contributed by atoms with Crippen LogP contribution in [0.2, 0.25) is 10.0 Å². The first-order chi connectivity index (χ1) is 13.9. The van der Waals surface area contributed by atoms with Crippen molar-refractivity contribution in [3.05, 3.63) is 99.0 Å². The summed E-state index contributed by atoms with van der Waals surface area (Å²) in [4.78, 5) is 29.0. The van der Waals surface area contributed by atoms with E-state index in [2.05, 4.69) is 0 Å². The van der Waals surface area contributed by atoms with Crippen molar-refractivity contribution in [3.63, 3.8) is 0 Å². The Morgan fingerprint density at radius 1 is 0.862 bits per heavy atom. The number of nitrogens with zero attached hydrogens (tertiary/aromatic N) is 2. The van der Waals surface area contributed by atoms with E-state index in [1.807, 2.05) is 30.3 Å². The third-order valence-electron chi connectivity index (χ3n) is 5.19. The van der Waals surface area contributed by atoms with Crippen molar-refractivity contribution in [2.75, 3.05) is 19.0 Å². The van der Waals surface area contributed by atoms with Gasteiger partial charge < -0.3 is 4.90 Å². The van der Waals surface area contributed by atoms with Crippen LogP contribution in [0.1, 0.15) is 33.1 Å². The topological polar surface area (TPSA) is 40.6 Å². The minimum Gasteiger partial charge on any atom is -0.316 e. The SMILES string of the molecule is CN1C(=O)N(C)C(c2cccc(Cl)c2)c2cc(C(=O)c3ccc(Cl)cc3)ccc21. The van der Waals surface area contributed by atoms with Gasteiger partial charge in [-0.15, -0.1) is 0 Å². The first kappa shape index (κ1) is 19.5. The molecule has 4 nitrogen and oxygen atoms in total. The van der Waals surface area contributed by atoms with Crippen molar-refractivity contribution < 1.29 is 9.59 Å². The van der Waals surface area contributed by atoms with Crippen LogP contribution in [0, 0.1) is 0 Å². The number of ketones is 1. The fourth-order valence-electron chi connectivity index (χ4n) is 3.73. The molecule has 29 heavy (non-hydrogen) atoms. The predicted molar refractivity (Wildman–Crippen MR) is 116 cm³/mol. The van der Waals surface area contributed by atoms with Crippen LogP contribution in [-0.2, 0) is 0 Å². The van der Waals surface area contributed by atoms with Crippen LogP contribution in [0.15, 0.2) is 66.7 Å². The molecule has 0 saturated carbocycles. The number of amides is 2. The zero-order valence-electron chi connectivity index (χ0n) is 15.9. The summed E-state index contributed by atoms with van der Waals surface area (Å²) in [6.07, 6.45) is 0. The molecule has 0 fully saturated rings. The Kier molecular flexibility index (Phi) is 5.07. The predicted octanol–water partition coefficient (Wildman–Crippen LogP) is 5.82. The lowest BCUT2D eigenvalue weighted by atomic mass is 9.90. The second kappa shape index (κ2) is 7.54. The lowest BCUT2D eigenvalue weighted by molar-refractivity contribution is 0.103. The van der Waals surface area contributed by atoms with Crippen molar-refractivity contribution in [1.82, 2.24) is 4.90 Å². The van der Waals surface area contributed by atoms with E-state index in [1.54, 1.807) is 60.3 Å². The first-order valence-corrected chi connectivity index (χ1v) is 9.82. The Bertz CT molecular complexity index is 1110. The lowest BCUT2D eigenvalue weighted by Crippen LogP contribution is -2.46. The van der Waals surface area contributed by atoms with E-state index in [4.69, 9.17) is 23.2 Å². The maximum atomic E-state index is 13.0. The van der Waals surface area contributed by atoms with Crippen LogP contribution < -0.4 is 4.90 Å². The molecular weight excluding hydrogens is 407 g/mol. The Morgan fingerprint density at radius 3 is 2.24 bits per heavy atom. The summed E-state index contributed by atoms with van der Waals surface area (Å²) in [7, 11) is 3.48. The molecule has 0 N–H and O–H groups in total. The Balaban J connectivity index is 1.84. The first-order valence-electron chi connectivity index (χ1n) is 9.07. The lowest BCUT2D eigenvalue weighted by Gasteiger charge is -2.39. The monoisotopic (exact) mass is 424 g/mol. The van der Waals surface area contributed by atoms with Gasteiger partial charge in [0, 0.05) is 40.8 Å². The highest BCUT2D eigenvalue weighted by atomic mass is 35.5. The average Bonchev–Trinajstić information content (AvgIpc) is 2.72. The maximum absolute atomic E-state index is 13.0. The summed E-state index contributed by atoms with van der Waals surface area (Å²) in [5, 5.41) is 1.17. The number of rotatable bonds is 3. The highest BCUT2D eigenvalue weighted by Gasteiger charge is 2.35. The second-order valence-corrected chi connectivity index (χ2v) is 7.89. The standard InChI is InChI=1S/C23H18Cl2N2O2/c1-26-20-11-8-16(22(28)14-6-9-17(24)10-7-14)13-19(20)21(27(2)23(26)29)15-4-3-5-18(25)12-15/h3-13,21H,1-2H3. The number of halogens is 2. The third kappa shape index (κ3) is 3.50. The number of anilines is 1. The molecule has 0 spiro atoms. The van der Waals surface area contributed by atoms with E-state index >= 15 is 0 Å². The molecule has 0 aliphatic carbocycles. The van der Waals surface area contributed by atoms with E-state index in [1.165, 1.54) is 0 Å². The average molecular weight is 425 g/mol. The van der Waals surface area contributed by atoms with Gasteiger partial charge in [-0.2, -0.15) is 0 Å². The molecule has 0 saturated heterocycles. The van der Waals surface area contributed by atoms with Gasteiger partial charge in [-0.25, -0.2) is 4.79 Å². The van der Waals surface area contributed by atoms with Crippen molar-refractivity contribution in [3.8, 4) is 0 Å². The van der Waals surface area contributed by atoms with E-state index in [-0.39, 0.29) is 17.9 Å². The van der Waals surface area contributed by atoms with Crippen LogP contribution in [0.3, 0.4) is 0 Å². The van der Waals surface area contributed by atoms with Gasteiger partial charge >= 0.3 is 6.03 Å². The fourth-order valence-corrected chi connectivity index (χ4v) is 4.05. The number of hydrogen-bond acceptors (Lipinski definition) is 2. The Hall–Kier alpha value is -2.82. The van der Waals surface area contributed by atoms with Crippen LogP contribution in [0.25, 0.3) is 0 Å². The van der Waals surface area contributed by atoms with Crippen molar-refractivity contribution in [2.45, 2.75) is 6.04 Å². The molecule has 3 aromatic rings. The maximum Gasteiger partial charge on any atom is 0.324 e. The van der Waals surface area contributed by atoms with Crippen LogP contribution in [-0.4, -0.2) is 30.8 Å². The van der Waals surface area contributed by atoms with Crippen LogP contribution in [0.4, 0.5) is 10.5 Å². The molecule has 3 aromatic carbocycles. The Labute approximate surface area is 179 Å². The molecule has 4 rings (SSSR count). The molecule has 0 radical (unpaired) electrons. The van der Waals surface area contributed by atoms with E-state index < -0.39 is 0 Å². The normalized spacial score (nSPS) is 16.0. The molecule has 6 heteroatoms.